The van der Waals surface area contributed by atoms with Gasteiger partial charge in [-0.3, -0.25) is 9.59 Å². The molecule has 0 saturated carbocycles. The van der Waals surface area contributed by atoms with Crippen LogP contribution >= 0.6 is 0 Å². The van der Waals surface area contributed by atoms with Crippen LogP contribution in [-0.2, 0) is 14.3 Å². The first-order valence-electron chi connectivity index (χ1n) is 9.85. The lowest BCUT2D eigenvalue weighted by molar-refractivity contribution is -0.128. The lowest BCUT2D eigenvalue weighted by Gasteiger charge is -2.32. The molecule has 2 aliphatic heterocycles. The average molecular weight is 383 g/mol. The second-order valence-electron chi connectivity index (χ2n) is 7.57. The molecule has 2 amide bonds. The van der Waals surface area contributed by atoms with E-state index in [1.807, 2.05) is 20.2 Å². The van der Waals surface area contributed by atoms with Crippen LogP contribution < -0.4 is 10.6 Å². The largest absolute Gasteiger partial charge is 0.394 e. The predicted molar refractivity (Wildman–Crippen MR) is 103 cm³/mol. The molecule has 27 heavy (non-hydrogen) atoms. The smallest absolute Gasteiger partial charge is 0.234 e. The number of likely N-dealkylation sites (N-methyl/N-ethyl adjacent to an activating group) is 1. The highest BCUT2D eigenvalue weighted by Gasteiger charge is 2.29. The Morgan fingerprint density at radius 2 is 1.93 bits per heavy atom. The molecule has 2 heterocycles. The molecule has 0 spiro atoms. The average Bonchev–Trinajstić information content (AvgIpc) is 2.63. The fourth-order valence-corrected chi connectivity index (χ4v) is 3.45. The lowest BCUT2D eigenvalue weighted by atomic mass is 10.0. The standard InChI is InChI=1S/C19H34N4O4/c1-22(2)13-19(26)21-16-7-6-15(27-17(16)14-24)12-18(25)20-8-11-23-9-4-3-5-10-23/h6-7,15-17,24H,3-5,8-14H2,1-2H3,(H,20,25)(H,21,26)/t15-,16-,17-/m1/s1. The van der Waals surface area contributed by atoms with Crippen LogP contribution in [-0.4, -0.2) is 98.4 Å². The van der Waals surface area contributed by atoms with Gasteiger partial charge in [-0.1, -0.05) is 18.6 Å². The summed E-state index contributed by atoms with van der Waals surface area (Å²) < 4.78 is 5.78. The van der Waals surface area contributed by atoms with E-state index in [0.717, 1.165) is 19.6 Å². The minimum Gasteiger partial charge on any atom is -0.394 e. The van der Waals surface area contributed by atoms with Crippen LogP contribution in [0.4, 0.5) is 0 Å². The summed E-state index contributed by atoms with van der Waals surface area (Å²) >= 11 is 0. The number of hydrogen-bond donors (Lipinski definition) is 3. The zero-order chi connectivity index (χ0) is 19.6. The van der Waals surface area contributed by atoms with E-state index in [0.29, 0.717) is 6.54 Å². The molecule has 8 nitrogen and oxygen atoms in total. The van der Waals surface area contributed by atoms with E-state index in [1.54, 1.807) is 11.0 Å². The van der Waals surface area contributed by atoms with E-state index < -0.39 is 6.10 Å². The molecular weight excluding hydrogens is 348 g/mol. The maximum Gasteiger partial charge on any atom is 0.234 e. The highest BCUT2D eigenvalue weighted by molar-refractivity contribution is 5.78. The van der Waals surface area contributed by atoms with Crippen LogP contribution in [0.3, 0.4) is 0 Å². The van der Waals surface area contributed by atoms with Crippen molar-refractivity contribution in [3.63, 3.8) is 0 Å². The SMILES string of the molecule is CN(C)CC(=O)N[C@@H]1C=C[C@H](CC(=O)NCCN2CCCCC2)O[C@@H]1CO. The van der Waals surface area contributed by atoms with Crippen molar-refractivity contribution in [3.05, 3.63) is 12.2 Å². The quantitative estimate of drug-likeness (QED) is 0.459. The molecule has 1 saturated heterocycles. The summed E-state index contributed by atoms with van der Waals surface area (Å²) in [5, 5.41) is 15.3. The molecule has 0 radical (unpaired) electrons. The number of rotatable bonds is 9. The third-order valence-electron chi connectivity index (χ3n) is 4.84. The topological polar surface area (TPSA) is 94.1 Å². The number of hydrogen-bond acceptors (Lipinski definition) is 6. The maximum atomic E-state index is 12.1. The van der Waals surface area contributed by atoms with E-state index in [1.165, 1.54) is 19.3 Å². The second-order valence-corrected chi connectivity index (χ2v) is 7.57. The third-order valence-corrected chi connectivity index (χ3v) is 4.84. The van der Waals surface area contributed by atoms with Gasteiger partial charge in [-0.05, 0) is 40.0 Å². The van der Waals surface area contributed by atoms with E-state index in [4.69, 9.17) is 4.74 Å². The Hall–Kier alpha value is -1.48. The number of aliphatic hydroxyl groups is 1. The van der Waals surface area contributed by atoms with Crippen LogP contribution in [0.5, 0.6) is 0 Å². The third kappa shape index (κ3) is 7.96. The number of aliphatic hydroxyl groups excluding tert-OH is 1. The van der Waals surface area contributed by atoms with Gasteiger partial charge in [0.05, 0.1) is 31.7 Å². The van der Waals surface area contributed by atoms with Crippen molar-refractivity contribution in [3.8, 4) is 0 Å². The molecule has 0 aliphatic carbocycles. The summed E-state index contributed by atoms with van der Waals surface area (Å²) in [6.45, 7) is 3.80. The molecule has 8 heteroatoms. The Bertz CT molecular complexity index is 506. The minimum atomic E-state index is -0.549. The van der Waals surface area contributed by atoms with E-state index in [2.05, 4.69) is 15.5 Å². The second kappa shape index (κ2) is 11.4. The number of amides is 2. The molecule has 0 bridgehead atoms. The molecule has 2 rings (SSSR count). The van der Waals surface area contributed by atoms with Gasteiger partial charge in [0.2, 0.25) is 11.8 Å². The summed E-state index contributed by atoms with van der Waals surface area (Å²) in [4.78, 5) is 28.2. The van der Waals surface area contributed by atoms with Gasteiger partial charge in [-0.2, -0.15) is 0 Å². The molecule has 154 valence electrons. The molecule has 3 N–H and O–H groups in total. The van der Waals surface area contributed by atoms with Crippen molar-refractivity contribution < 1.29 is 19.4 Å². The van der Waals surface area contributed by atoms with Crippen LogP contribution in [0, 0.1) is 0 Å². The Morgan fingerprint density at radius 1 is 1.19 bits per heavy atom. The first-order valence-corrected chi connectivity index (χ1v) is 9.85. The zero-order valence-electron chi connectivity index (χ0n) is 16.5. The van der Waals surface area contributed by atoms with Gasteiger partial charge in [0.15, 0.2) is 0 Å². The van der Waals surface area contributed by atoms with Crippen LogP contribution in [0.25, 0.3) is 0 Å². The number of nitrogens with one attached hydrogen (secondary N) is 2. The molecule has 0 aromatic heterocycles. The van der Waals surface area contributed by atoms with Crippen molar-refractivity contribution in [1.29, 1.82) is 0 Å². The summed E-state index contributed by atoms with van der Waals surface area (Å²) in [6.07, 6.45) is 6.65. The molecule has 0 aromatic carbocycles. The summed E-state index contributed by atoms with van der Waals surface area (Å²) in [7, 11) is 3.63. The van der Waals surface area contributed by atoms with Crippen molar-refractivity contribution in [1.82, 2.24) is 20.4 Å². The van der Waals surface area contributed by atoms with Gasteiger partial charge in [-0.15, -0.1) is 0 Å². The van der Waals surface area contributed by atoms with E-state index in [9.17, 15) is 14.7 Å². The normalized spacial score (nSPS) is 26.1. The Balaban J connectivity index is 1.72. The molecular formula is C19H34N4O4. The van der Waals surface area contributed by atoms with Gasteiger partial charge in [0.1, 0.15) is 6.10 Å². The summed E-state index contributed by atoms with van der Waals surface area (Å²) in [5.41, 5.74) is 0. The maximum absolute atomic E-state index is 12.1. The minimum absolute atomic E-state index is 0.0616. The number of carbonyl (C=O) groups is 2. The summed E-state index contributed by atoms with van der Waals surface area (Å²) in [5.74, 6) is -0.195. The molecule has 2 aliphatic rings. The van der Waals surface area contributed by atoms with Crippen molar-refractivity contribution in [2.45, 2.75) is 43.9 Å². The van der Waals surface area contributed by atoms with Crippen LogP contribution in [0.15, 0.2) is 12.2 Å². The van der Waals surface area contributed by atoms with Gasteiger partial charge < -0.3 is 30.3 Å². The Kier molecular flexibility index (Phi) is 9.20. The first kappa shape index (κ1) is 21.8. The molecule has 1 fully saturated rings. The van der Waals surface area contributed by atoms with Crippen molar-refractivity contribution in [2.75, 3.05) is 53.4 Å². The van der Waals surface area contributed by atoms with Gasteiger partial charge in [0.25, 0.3) is 0 Å². The van der Waals surface area contributed by atoms with Crippen molar-refractivity contribution >= 4 is 11.8 Å². The number of ether oxygens (including phenoxy) is 1. The lowest BCUT2D eigenvalue weighted by Crippen LogP contribution is -2.50. The monoisotopic (exact) mass is 382 g/mol. The van der Waals surface area contributed by atoms with E-state index in [-0.39, 0.29) is 43.5 Å². The fraction of sp³-hybridized carbons (Fsp3) is 0.789. The Morgan fingerprint density at radius 3 is 2.59 bits per heavy atom. The highest BCUT2D eigenvalue weighted by atomic mass is 16.5. The summed E-state index contributed by atoms with van der Waals surface area (Å²) in [6, 6.07) is -0.388. The predicted octanol–water partition coefficient (Wildman–Crippen LogP) is -0.659. The molecule has 0 aromatic rings. The van der Waals surface area contributed by atoms with Gasteiger partial charge >= 0.3 is 0 Å². The van der Waals surface area contributed by atoms with Crippen molar-refractivity contribution in [2.24, 2.45) is 0 Å². The van der Waals surface area contributed by atoms with E-state index >= 15 is 0 Å². The number of piperidine rings is 1. The zero-order valence-corrected chi connectivity index (χ0v) is 16.5. The van der Waals surface area contributed by atoms with Gasteiger partial charge in [0, 0.05) is 13.1 Å². The van der Waals surface area contributed by atoms with Crippen LogP contribution in [0.1, 0.15) is 25.7 Å². The number of nitrogens with zero attached hydrogens (tertiary/aromatic N) is 2. The first-order chi connectivity index (χ1) is 13.0. The fourth-order valence-electron chi connectivity index (χ4n) is 3.45. The van der Waals surface area contributed by atoms with Crippen LogP contribution in [0.2, 0.25) is 0 Å². The molecule has 0 unspecified atom stereocenters. The highest BCUT2D eigenvalue weighted by Crippen LogP contribution is 2.15. The van der Waals surface area contributed by atoms with Gasteiger partial charge in [-0.25, -0.2) is 0 Å². The molecule has 3 atom stereocenters. The Labute approximate surface area is 161 Å². The number of carbonyl (C=O) groups excluding carboxylic acids is 2. The number of likely N-dealkylation sites (tertiary alicyclic amines) is 1.